The summed E-state index contributed by atoms with van der Waals surface area (Å²) in [5.74, 6) is 0.271. The van der Waals surface area contributed by atoms with Gasteiger partial charge in [-0.3, -0.25) is 14.9 Å². The summed E-state index contributed by atoms with van der Waals surface area (Å²) in [6, 6.07) is 15.5. The first-order valence-electron chi connectivity index (χ1n) is 10.8. The summed E-state index contributed by atoms with van der Waals surface area (Å²) in [5.41, 5.74) is 8.07. The number of nitro groups is 1. The molecule has 10 heteroatoms. The maximum Gasteiger partial charge on any atom is 0.269 e. The van der Waals surface area contributed by atoms with Gasteiger partial charge in [0.05, 0.1) is 21.9 Å². The normalized spacial score (nSPS) is 18.5. The van der Waals surface area contributed by atoms with Gasteiger partial charge in [0.2, 0.25) is 5.91 Å². The van der Waals surface area contributed by atoms with Crippen LogP contribution in [0.4, 0.5) is 17.2 Å². The zero-order valence-corrected chi connectivity index (χ0v) is 18.6. The first kappa shape index (κ1) is 21.2. The molecular formula is C24H21N7O3. The third kappa shape index (κ3) is 2.61. The van der Waals surface area contributed by atoms with Gasteiger partial charge < -0.3 is 16.0 Å². The molecule has 1 aromatic heterocycles. The van der Waals surface area contributed by atoms with Crippen LogP contribution in [0.25, 0.3) is 5.69 Å². The standard InChI is InChI=1S/C24H21N7O3/c1-3-12-29-19-7-5-4-6-17(19)24(23(29)32)18(13-25)21(26)27-22-20(24)14(2)28-30(22)15-8-10-16(11-9-15)31(33)34/h4-11,27H,3,12,26H2,1-2H3. The van der Waals surface area contributed by atoms with E-state index in [0.717, 1.165) is 12.1 Å². The van der Waals surface area contributed by atoms with Gasteiger partial charge in [-0.1, -0.05) is 25.1 Å². The van der Waals surface area contributed by atoms with Crippen molar-refractivity contribution >= 4 is 23.1 Å². The number of fused-ring (bicyclic) bond motifs is 4. The Kier molecular flexibility index (Phi) is 4.65. The largest absolute Gasteiger partial charge is 0.384 e. The summed E-state index contributed by atoms with van der Waals surface area (Å²) in [6.45, 7) is 4.26. The Balaban J connectivity index is 1.82. The molecule has 2 aliphatic rings. The molecule has 0 aliphatic carbocycles. The lowest BCUT2D eigenvalue weighted by Crippen LogP contribution is -2.46. The molecule has 2 aliphatic heterocycles. The molecule has 0 radical (unpaired) electrons. The molecule has 3 heterocycles. The number of anilines is 2. The molecule has 10 nitrogen and oxygen atoms in total. The van der Waals surface area contributed by atoms with E-state index in [1.54, 1.807) is 28.6 Å². The topological polar surface area (TPSA) is 143 Å². The summed E-state index contributed by atoms with van der Waals surface area (Å²) in [4.78, 5) is 26.5. The van der Waals surface area contributed by atoms with E-state index in [0.29, 0.717) is 34.9 Å². The van der Waals surface area contributed by atoms with Crippen molar-refractivity contribution in [3.63, 3.8) is 0 Å². The second kappa shape index (κ2) is 7.45. The van der Waals surface area contributed by atoms with Crippen molar-refractivity contribution in [3.8, 4) is 11.8 Å². The molecule has 0 saturated carbocycles. The van der Waals surface area contributed by atoms with Crippen LogP contribution in [0.1, 0.15) is 30.2 Å². The minimum absolute atomic E-state index is 0.0489. The Morgan fingerprint density at radius 2 is 1.94 bits per heavy atom. The van der Waals surface area contributed by atoms with Crippen LogP contribution < -0.4 is 16.0 Å². The number of non-ortho nitro benzene ring substituents is 1. The maximum atomic E-state index is 14.2. The third-order valence-corrected chi connectivity index (χ3v) is 6.36. The molecule has 1 amide bonds. The molecule has 34 heavy (non-hydrogen) atoms. The monoisotopic (exact) mass is 455 g/mol. The molecular weight excluding hydrogens is 434 g/mol. The molecule has 0 saturated heterocycles. The number of carbonyl (C=O) groups is 1. The van der Waals surface area contributed by atoms with Crippen molar-refractivity contribution in [3.05, 3.63) is 86.9 Å². The first-order valence-corrected chi connectivity index (χ1v) is 10.8. The first-order chi connectivity index (χ1) is 16.4. The van der Waals surface area contributed by atoms with Crippen LogP contribution in [-0.2, 0) is 10.2 Å². The van der Waals surface area contributed by atoms with Gasteiger partial charge in [0.25, 0.3) is 5.69 Å². The highest BCUT2D eigenvalue weighted by Gasteiger charge is 2.60. The zero-order valence-electron chi connectivity index (χ0n) is 18.6. The SMILES string of the molecule is CCCN1C(=O)C2(C(C#N)=C(N)Nc3c2c(C)nn3-c2ccc([N+](=O)[O-])cc2)c2ccccc21. The number of aryl methyl sites for hydroxylation is 1. The van der Waals surface area contributed by atoms with E-state index >= 15 is 0 Å². The molecule has 3 aromatic rings. The van der Waals surface area contributed by atoms with Crippen LogP contribution in [0.3, 0.4) is 0 Å². The average Bonchev–Trinajstić information content (AvgIpc) is 3.28. The van der Waals surface area contributed by atoms with Crippen molar-refractivity contribution in [2.45, 2.75) is 25.7 Å². The summed E-state index contributed by atoms with van der Waals surface area (Å²) in [7, 11) is 0. The average molecular weight is 455 g/mol. The zero-order chi connectivity index (χ0) is 24.2. The number of benzene rings is 2. The number of nitrogens with zero attached hydrogens (tertiary/aromatic N) is 5. The van der Waals surface area contributed by atoms with Crippen molar-refractivity contribution in [2.24, 2.45) is 5.73 Å². The fourth-order valence-corrected chi connectivity index (χ4v) is 5.04. The number of nitriles is 1. The Bertz CT molecular complexity index is 1430. The molecule has 170 valence electrons. The number of nitrogens with two attached hydrogens (primary N) is 1. The van der Waals surface area contributed by atoms with Gasteiger partial charge in [0.15, 0.2) is 0 Å². The van der Waals surface area contributed by atoms with Gasteiger partial charge in [-0.25, -0.2) is 4.68 Å². The summed E-state index contributed by atoms with van der Waals surface area (Å²) < 4.78 is 1.57. The molecule has 1 unspecified atom stereocenters. The fraction of sp³-hybridized carbons (Fsp3) is 0.208. The van der Waals surface area contributed by atoms with E-state index < -0.39 is 10.3 Å². The highest BCUT2D eigenvalue weighted by atomic mass is 16.6. The molecule has 0 bridgehead atoms. The molecule has 0 fully saturated rings. The Morgan fingerprint density at radius 3 is 2.59 bits per heavy atom. The summed E-state index contributed by atoms with van der Waals surface area (Å²) in [5, 5.41) is 29.0. The van der Waals surface area contributed by atoms with Crippen molar-refractivity contribution in [2.75, 3.05) is 16.8 Å². The van der Waals surface area contributed by atoms with E-state index in [-0.39, 0.29) is 23.0 Å². The minimum Gasteiger partial charge on any atom is -0.384 e. The van der Waals surface area contributed by atoms with E-state index in [4.69, 9.17) is 5.73 Å². The van der Waals surface area contributed by atoms with Gasteiger partial charge in [0.1, 0.15) is 23.1 Å². The number of hydrogen-bond acceptors (Lipinski definition) is 7. The van der Waals surface area contributed by atoms with Crippen molar-refractivity contribution in [1.82, 2.24) is 9.78 Å². The Hall–Kier alpha value is -4.65. The van der Waals surface area contributed by atoms with Crippen LogP contribution >= 0.6 is 0 Å². The van der Waals surface area contributed by atoms with Crippen LogP contribution in [0, 0.1) is 28.4 Å². The van der Waals surface area contributed by atoms with Crippen molar-refractivity contribution < 1.29 is 9.72 Å². The second-order valence-corrected chi connectivity index (χ2v) is 8.24. The Morgan fingerprint density at radius 1 is 1.24 bits per heavy atom. The summed E-state index contributed by atoms with van der Waals surface area (Å²) >= 11 is 0. The molecule has 3 N–H and O–H groups in total. The number of amides is 1. The quantitative estimate of drug-likeness (QED) is 0.454. The number of aromatic nitrogens is 2. The number of rotatable bonds is 4. The van der Waals surface area contributed by atoms with Gasteiger partial charge in [-0.2, -0.15) is 10.4 Å². The highest BCUT2D eigenvalue weighted by molar-refractivity contribution is 6.15. The number of nitrogens with one attached hydrogen (secondary N) is 1. The van der Waals surface area contributed by atoms with E-state index in [1.807, 2.05) is 31.2 Å². The molecule has 2 aromatic carbocycles. The fourth-order valence-electron chi connectivity index (χ4n) is 5.04. The third-order valence-electron chi connectivity index (χ3n) is 6.36. The van der Waals surface area contributed by atoms with Crippen LogP contribution in [0.15, 0.2) is 59.9 Å². The number of hydrogen-bond donors (Lipinski definition) is 2. The Labute approximate surface area is 195 Å². The smallest absolute Gasteiger partial charge is 0.269 e. The van der Waals surface area contributed by atoms with E-state index in [1.165, 1.54) is 12.1 Å². The molecule has 1 atom stereocenters. The van der Waals surface area contributed by atoms with Gasteiger partial charge >= 0.3 is 0 Å². The summed E-state index contributed by atoms with van der Waals surface area (Å²) in [6.07, 6.45) is 0.739. The number of nitro benzene ring substituents is 1. The lowest BCUT2D eigenvalue weighted by molar-refractivity contribution is -0.384. The minimum atomic E-state index is -1.44. The second-order valence-electron chi connectivity index (χ2n) is 8.24. The van der Waals surface area contributed by atoms with E-state index in [9.17, 15) is 20.2 Å². The number of para-hydroxylation sites is 1. The van der Waals surface area contributed by atoms with Crippen molar-refractivity contribution in [1.29, 1.82) is 5.26 Å². The van der Waals surface area contributed by atoms with Gasteiger partial charge in [0, 0.05) is 35.5 Å². The predicted octanol–water partition coefficient (Wildman–Crippen LogP) is 3.25. The lowest BCUT2D eigenvalue weighted by Gasteiger charge is -2.34. The molecule has 1 spiro atoms. The van der Waals surface area contributed by atoms with Gasteiger partial charge in [-0.05, 0) is 31.5 Å². The lowest BCUT2D eigenvalue weighted by atomic mass is 9.68. The maximum absolute atomic E-state index is 14.2. The van der Waals surface area contributed by atoms with Gasteiger partial charge in [-0.15, -0.1) is 0 Å². The predicted molar refractivity (Wildman–Crippen MR) is 125 cm³/mol. The van der Waals surface area contributed by atoms with Crippen LogP contribution in [0.5, 0.6) is 0 Å². The van der Waals surface area contributed by atoms with Crippen LogP contribution in [-0.4, -0.2) is 27.2 Å². The molecule has 5 rings (SSSR count). The van der Waals surface area contributed by atoms with E-state index in [2.05, 4.69) is 16.5 Å². The van der Waals surface area contributed by atoms with Crippen LogP contribution in [0.2, 0.25) is 0 Å². The highest BCUT2D eigenvalue weighted by Crippen LogP contribution is 2.55. The number of carbonyl (C=O) groups excluding carboxylic acids is 1.